The molecule has 0 saturated heterocycles. The number of carbonyl (C=O) groups excluding carboxylic acids is 1. The van der Waals surface area contributed by atoms with Gasteiger partial charge in [-0.25, -0.2) is 4.98 Å². The van der Waals surface area contributed by atoms with Crippen LogP contribution in [0, 0.1) is 0 Å². The van der Waals surface area contributed by atoms with E-state index in [4.69, 9.17) is 17.3 Å². The number of pyridine rings is 1. The average Bonchev–Trinajstić information content (AvgIpc) is 2.75. The molecule has 0 saturated carbocycles. The molecule has 0 aliphatic carbocycles. The highest BCUT2D eigenvalue weighted by Crippen LogP contribution is 2.15. The lowest BCUT2D eigenvalue weighted by Crippen LogP contribution is -2.27. The molecule has 2 rings (SSSR count). The largest absolute Gasteiger partial charge is 0.324 e. The molecule has 7 heteroatoms. The zero-order valence-corrected chi connectivity index (χ0v) is 10.4. The summed E-state index contributed by atoms with van der Waals surface area (Å²) in [5.41, 5.74) is 7.03. The Morgan fingerprint density at radius 1 is 1.61 bits per heavy atom. The fourth-order valence-electron chi connectivity index (χ4n) is 1.45. The molecule has 0 radical (unpaired) electrons. The second kappa shape index (κ2) is 5.16. The first-order valence-corrected chi connectivity index (χ1v) is 5.60. The molecule has 94 valence electrons. The Balaban J connectivity index is 2.08. The third-order valence-corrected chi connectivity index (χ3v) is 2.57. The summed E-state index contributed by atoms with van der Waals surface area (Å²) in [4.78, 5) is 15.7. The molecule has 2 aromatic heterocycles. The number of nitrogens with zero attached hydrogens (tertiary/aromatic N) is 3. The highest BCUT2D eigenvalue weighted by Gasteiger charge is 2.17. The fraction of sp³-hybridized carbons (Fsp3) is 0.182. The predicted molar refractivity (Wildman–Crippen MR) is 68.0 cm³/mol. The van der Waals surface area contributed by atoms with Crippen LogP contribution in [-0.4, -0.2) is 20.7 Å². The van der Waals surface area contributed by atoms with Crippen molar-refractivity contribution in [2.45, 2.75) is 6.04 Å². The van der Waals surface area contributed by atoms with Gasteiger partial charge in [0.1, 0.15) is 11.2 Å². The molecule has 0 bridgehead atoms. The van der Waals surface area contributed by atoms with Crippen molar-refractivity contribution in [2.24, 2.45) is 12.8 Å². The third-order valence-electron chi connectivity index (χ3n) is 2.36. The van der Waals surface area contributed by atoms with Crippen molar-refractivity contribution in [1.29, 1.82) is 0 Å². The van der Waals surface area contributed by atoms with Crippen molar-refractivity contribution in [1.82, 2.24) is 14.8 Å². The average molecular weight is 266 g/mol. The van der Waals surface area contributed by atoms with E-state index < -0.39 is 6.04 Å². The van der Waals surface area contributed by atoms with Crippen LogP contribution in [0.1, 0.15) is 11.6 Å². The number of carbonyl (C=O) groups is 1. The van der Waals surface area contributed by atoms with Gasteiger partial charge in [-0.05, 0) is 12.1 Å². The van der Waals surface area contributed by atoms with Gasteiger partial charge in [0.25, 0.3) is 0 Å². The minimum atomic E-state index is -0.773. The summed E-state index contributed by atoms with van der Waals surface area (Å²) in [5, 5.41) is 6.94. The molecule has 1 amide bonds. The maximum atomic E-state index is 11.9. The van der Waals surface area contributed by atoms with E-state index in [1.165, 1.54) is 6.20 Å². The van der Waals surface area contributed by atoms with E-state index in [-0.39, 0.29) is 5.91 Å². The standard InChI is InChI=1S/C11H12ClN5O/c1-17-6-7(5-15-17)10(13)11(18)16-8-2-3-14-9(12)4-8/h2-6,10H,13H2,1H3,(H,14,16,18). The molecule has 0 aliphatic rings. The smallest absolute Gasteiger partial charge is 0.246 e. The molecule has 2 heterocycles. The Kier molecular flexibility index (Phi) is 3.59. The Morgan fingerprint density at radius 3 is 3.00 bits per heavy atom. The second-order valence-corrected chi connectivity index (χ2v) is 4.17. The Labute approximate surface area is 109 Å². The number of amides is 1. The first-order valence-electron chi connectivity index (χ1n) is 5.23. The molecule has 18 heavy (non-hydrogen) atoms. The van der Waals surface area contributed by atoms with Crippen molar-refractivity contribution < 1.29 is 4.79 Å². The van der Waals surface area contributed by atoms with E-state index in [1.807, 2.05) is 0 Å². The molecule has 0 aliphatic heterocycles. The summed E-state index contributed by atoms with van der Waals surface area (Å²) >= 11 is 5.72. The van der Waals surface area contributed by atoms with Crippen LogP contribution in [0.3, 0.4) is 0 Å². The zero-order valence-electron chi connectivity index (χ0n) is 9.67. The monoisotopic (exact) mass is 265 g/mol. The van der Waals surface area contributed by atoms with Crippen LogP contribution >= 0.6 is 11.6 Å². The van der Waals surface area contributed by atoms with Crippen LogP contribution < -0.4 is 11.1 Å². The number of hydrogen-bond donors (Lipinski definition) is 2. The van der Waals surface area contributed by atoms with Gasteiger partial charge in [0.2, 0.25) is 5.91 Å². The van der Waals surface area contributed by atoms with Crippen LogP contribution in [-0.2, 0) is 11.8 Å². The number of aryl methyl sites for hydroxylation is 1. The summed E-state index contributed by atoms with van der Waals surface area (Å²) in [5.74, 6) is -0.328. The summed E-state index contributed by atoms with van der Waals surface area (Å²) in [6.07, 6.45) is 4.76. The van der Waals surface area contributed by atoms with Gasteiger partial charge in [-0.2, -0.15) is 5.10 Å². The highest BCUT2D eigenvalue weighted by atomic mass is 35.5. The molecule has 2 aromatic rings. The first kappa shape index (κ1) is 12.5. The first-order chi connectivity index (χ1) is 8.56. The maximum absolute atomic E-state index is 11.9. The Hall–Kier alpha value is -1.92. The van der Waals surface area contributed by atoms with Gasteiger partial charge in [0, 0.05) is 30.7 Å². The third kappa shape index (κ3) is 2.85. The van der Waals surface area contributed by atoms with Gasteiger partial charge in [0.05, 0.1) is 6.20 Å². The topological polar surface area (TPSA) is 85.8 Å². The number of aromatic nitrogens is 3. The molecule has 3 N–H and O–H groups in total. The zero-order chi connectivity index (χ0) is 13.1. The van der Waals surface area contributed by atoms with Gasteiger partial charge in [-0.15, -0.1) is 0 Å². The Morgan fingerprint density at radius 2 is 2.39 bits per heavy atom. The molecule has 0 fully saturated rings. The molecule has 6 nitrogen and oxygen atoms in total. The van der Waals surface area contributed by atoms with E-state index in [0.717, 1.165) is 0 Å². The maximum Gasteiger partial charge on any atom is 0.246 e. The van der Waals surface area contributed by atoms with Crippen LogP contribution in [0.25, 0.3) is 0 Å². The van der Waals surface area contributed by atoms with E-state index in [1.54, 1.807) is 36.3 Å². The molecular formula is C11H12ClN5O. The fourth-order valence-corrected chi connectivity index (χ4v) is 1.63. The van der Waals surface area contributed by atoms with Gasteiger partial charge in [-0.3, -0.25) is 9.48 Å². The number of halogens is 1. The molecule has 0 aromatic carbocycles. The van der Waals surface area contributed by atoms with E-state index in [2.05, 4.69) is 15.4 Å². The van der Waals surface area contributed by atoms with Crippen molar-refractivity contribution >= 4 is 23.2 Å². The second-order valence-electron chi connectivity index (χ2n) is 3.78. The van der Waals surface area contributed by atoms with E-state index >= 15 is 0 Å². The van der Waals surface area contributed by atoms with Gasteiger partial charge in [-0.1, -0.05) is 11.6 Å². The number of nitrogens with one attached hydrogen (secondary N) is 1. The normalized spacial score (nSPS) is 12.2. The molecule has 1 atom stereocenters. The number of hydrogen-bond acceptors (Lipinski definition) is 4. The molecule has 0 spiro atoms. The lowest BCUT2D eigenvalue weighted by Gasteiger charge is -2.10. The van der Waals surface area contributed by atoms with Crippen molar-refractivity contribution in [3.05, 3.63) is 41.4 Å². The quantitative estimate of drug-likeness (QED) is 0.814. The number of nitrogens with two attached hydrogens (primary N) is 1. The van der Waals surface area contributed by atoms with Crippen LogP contribution in [0.2, 0.25) is 5.15 Å². The van der Waals surface area contributed by atoms with E-state index in [9.17, 15) is 4.79 Å². The SMILES string of the molecule is Cn1cc(C(N)C(=O)Nc2ccnc(Cl)c2)cn1. The lowest BCUT2D eigenvalue weighted by molar-refractivity contribution is -0.117. The molecular weight excluding hydrogens is 254 g/mol. The van der Waals surface area contributed by atoms with Crippen LogP contribution in [0.5, 0.6) is 0 Å². The minimum Gasteiger partial charge on any atom is -0.324 e. The van der Waals surface area contributed by atoms with Gasteiger partial charge in [0.15, 0.2) is 0 Å². The highest BCUT2D eigenvalue weighted by molar-refractivity contribution is 6.29. The van der Waals surface area contributed by atoms with E-state index in [0.29, 0.717) is 16.4 Å². The summed E-state index contributed by atoms with van der Waals surface area (Å²) in [6, 6.07) is 2.42. The molecule has 1 unspecified atom stereocenters. The van der Waals surface area contributed by atoms with Crippen molar-refractivity contribution in [3.63, 3.8) is 0 Å². The van der Waals surface area contributed by atoms with Crippen molar-refractivity contribution in [2.75, 3.05) is 5.32 Å². The summed E-state index contributed by atoms with van der Waals surface area (Å²) in [6.45, 7) is 0. The van der Waals surface area contributed by atoms with Crippen LogP contribution in [0.4, 0.5) is 5.69 Å². The summed E-state index contributed by atoms with van der Waals surface area (Å²) in [7, 11) is 1.76. The van der Waals surface area contributed by atoms with Gasteiger partial charge >= 0.3 is 0 Å². The lowest BCUT2D eigenvalue weighted by atomic mass is 10.1. The number of anilines is 1. The summed E-state index contributed by atoms with van der Waals surface area (Å²) < 4.78 is 1.59. The van der Waals surface area contributed by atoms with Gasteiger partial charge < -0.3 is 11.1 Å². The number of rotatable bonds is 3. The predicted octanol–water partition coefficient (Wildman–Crippen LogP) is 1.11. The van der Waals surface area contributed by atoms with Crippen molar-refractivity contribution in [3.8, 4) is 0 Å². The Bertz CT molecular complexity index is 568. The minimum absolute atomic E-state index is 0.308. The van der Waals surface area contributed by atoms with Crippen LogP contribution in [0.15, 0.2) is 30.7 Å².